The molecule has 0 saturated carbocycles. The van der Waals surface area contributed by atoms with E-state index in [1.807, 2.05) is 0 Å². The number of Topliss-reactive ketones (excluding diaryl/α,β-unsaturated/α-hetero) is 1. The van der Waals surface area contributed by atoms with Gasteiger partial charge < -0.3 is 14.8 Å². The molecule has 0 atom stereocenters. The molecular formula is C18H17ClN2O6. The third-order valence-electron chi connectivity index (χ3n) is 3.60. The number of rotatable bonds is 8. The topological polar surface area (TPSA) is 108 Å². The average Bonchev–Trinajstić information content (AvgIpc) is 2.66. The quantitative estimate of drug-likeness (QED) is 0.415. The van der Waals surface area contributed by atoms with Crippen molar-refractivity contribution in [2.45, 2.75) is 13.3 Å². The van der Waals surface area contributed by atoms with Gasteiger partial charge in [0.2, 0.25) is 0 Å². The van der Waals surface area contributed by atoms with E-state index in [0.717, 1.165) is 0 Å². The molecular weight excluding hydrogens is 376 g/mol. The van der Waals surface area contributed by atoms with Crippen LogP contribution >= 0.6 is 11.6 Å². The molecule has 0 bridgehead atoms. The number of nitrogens with zero attached hydrogens (tertiary/aromatic N) is 1. The van der Waals surface area contributed by atoms with Gasteiger partial charge in [-0.1, -0.05) is 18.5 Å². The molecule has 0 aliphatic rings. The Morgan fingerprint density at radius 2 is 1.96 bits per heavy atom. The van der Waals surface area contributed by atoms with Crippen molar-refractivity contribution in [2.75, 3.05) is 19.0 Å². The molecule has 0 aliphatic carbocycles. The maximum atomic E-state index is 12.1. The number of amides is 1. The number of hydrogen-bond acceptors (Lipinski definition) is 6. The Hall–Kier alpha value is -3.13. The number of ketones is 1. The maximum absolute atomic E-state index is 12.1. The van der Waals surface area contributed by atoms with Crippen LogP contribution in [0, 0.1) is 10.1 Å². The van der Waals surface area contributed by atoms with Crippen LogP contribution in [0.1, 0.15) is 23.7 Å². The first kappa shape index (κ1) is 20.2. The first-order chi connectivity index (χ1) is 12.8. The van der Waals surface area contributed by atoms with Gasteiger partial charge in [0.15, 0.2) is 12.4 Å². The molecule has 1 amide bonds. The summed E-state index contributed by atoms with van der Waals surface area (Å²) in [7, 11) is 1.38. The number of nitro groups is 1. The Kier molecular flexibility index (Phi) is 6.73. The molecule has 0 fully saturated rings. The zero-order chi connectivity index (χ0) is 20.0. The molecule has 0 spiro atoms. The van der Waals surface area contributed by atoms with E-state index in [2.05, 4.69) is 5.32 Å². The molecule has 2 aromatic rings. The summed E-state index contributed by atoms with van der Waals surface area (Å²) in [6.07, 6.45) is 0.251. The Bertz CT molecular complexity index is 884. The highest BCUT2D eigenvalue weighted by molar-refractivity contribution is 6.31. The fourth-order valence-electron chi connectivity index (χ4n) is 2.26. The number of benzene rings is 2. The second-order valence-corrected chi connectivity index (χ2v) is 5.83. The molecule has 1 N–H and O–H groups in total. The number of nitro benzene ring substituents is 1. The van der Waals surface area contributed by atoms with E-state index in [1.54, 1.807) is 6.92 Å². The zero-order valence-corrected chi connectivity index (χ0v) is 15.4. The molecule has 2 rings (SSSR count). The standard InChI is InChI=1S/C18H17ClN2O6/c1-3-16(22)13-8-11(19)4-7-17(13)27-10-18(23)20-14-6-5-12(26-2)9-15(14)21(24)25/h4-9H,3,10H2,1-2H3,(H,20,23). The number of carbonyl (C=O) groups is 2. The molecule has 142 valence electrons. The van der Waals surface area contributed by atoms with Crippen molar-refractivity contribution in [1.82, 2.24) is 0 Å². The fourth-order valence-corrected chi connectivity index (χ4v) is 2.43. The SMILES string of the molecule is CCC(=O)c1cc(Cl)ccc1OCC(=O)Nc1ccc(OC)cc1[N+](=O)[O-]. The van der Waals surface area contributed by atoms with Gasteiger partial charge in [-0.05, 0) is 30.3 Å². The predicted octanol–water partition coefficient (Wildman–Crippen LogP) is 3.87. The lowest BCUT2D eigenvalue weighted by molar-refractivity contribution is -0.384. The molecule has 0 saturated heterocycles. The van der Waals surface area contributed by atoms with Crippen LogP contribution in [0.2, 0.25) is 5.02 Å². The number of carbonyl (C=O) groups excluding carboxylic acids is 2. The van der Waals surface area contributed by atoms with Crippen molar-refractivity contribution >= 4 is 34.7 Å². The second-order valence-electron chi connectivity index (χ2n) is 5.39. The monoisotopic (exact) mass is 392 g/mol. The Balaban J connectivity index is 2.12. The van der Waals surface area contributed by atoms with Crippen LogP contribution in [-0.2, 0) is 4.79 Å². The van der Waals surface area contributed by atoms with E-state index in [9.17, 15) is 19.7 Å². The average molecular weight is 393 g/mol. The van der Waals surface area contributed by atoms with Crippen LogP contribution in [0.4, 0.5) is 11.4 Å². The third kappa shape index (κ3) is 5.18. The summed E-state index contributed by atoms with van der Waals surface area (Å²) < 4.78 is 10.3. The molecule has 9 heteroatoms. The summed E-state index contributed by atoms with van der Waals surface area (Å²) in [4.78, 5) is 34.6. The minimum absolute atomic E-state index is 0.00960. The van der Waals surface area contributed by atoms with Gasteiger partial charge in [-0.3, -0.25) is 19.7 Å². The van der Waals surface area contributed by atoms with Crippen LogP contribution in [0.3, 0.4) is 0 Å². The summed E-state index contributed by atoms with van der Waals surface area (Å²) in [6.45, 7) is 1.26. The summed E-state index contributed by atoms with van der Waals surface area (Å²) in [5, 5.41) is 13.9. The fraction of sp³-hybridized carbons (Fsp3) is 0.222. The van der Waals surface area contributed by atoms with E-state index in [1.165, 1.54) is 43.5 Å². The number of ether oxygens (including phenoxy) is 2. The van der Waals surface area contributed by atoms with Crippen molar-refractivity contribution in [1.29, 1.82) is 0 Å². The molecule has 0 radical (unpaired) electrons. The minimum Gasteiger partial charge on any atom is -0.496 e. The summed E-state index contributed by atoms with van der Waals surface area (Å²) >= 11 is 5.90. The van der Waals surface area contributed by atoms with Gasteiger partial charge in [0, 0.05) is 11.4 Å². The minimum atomic E-state index is -0.629. The lowest BCUT2D eigenvalue weighted by Crippen LogP contribution is -2.21. The number of methoxy groups -OCH3 is 1. The van der Waals surface area contributed by atoms with E-state index in [0.29, 0.717) is 10.8 Å². The molecule has 0 aliphatic heterocycles. The van der Waals surface area contributed by atoms with Crippen LogP contribution in [0.15, 0.2) is 36.4 Å². The van der Waals surface area contributed by atoms with E-state index >= 15 is 0 Å². The summed E-state index contributed by atoms with van der Waals surface area (Å²) in [5.41, 5.74) is -0.0281. The Morgan fingerprint density at radius 1 is 1.22 bits per heavy atom. The Morgan fingerprint density at radius 3 is 2.59 bits per heavy atom. The van der Waals surface area contributed by atoms with Gasteiger partial charge in [-0.15, -0.1) is 0 Å². The van der Waals surface area contributed by atoms with Crippen molar-refractivity contribution in [2.24, 2.45) is 0 Å². The van der Waals surface area contributed by atoms with Gasteiger partial charge in [-0.2, -0.15) is 0 Å². The first-order valence-corrected chi connectivity index (χ1v) is 8.31. The van der Waals surface area contributed by atoms with Crippen LogP contribution < -0.4 is 14.8 Å². The summed E-state index contributed by atoms with van der Waals surface area (Å²) in [6, 6.07) is 8.55. The van der Waals surface area contributed by atoms with Crippen molar-refractivity contribution in [3.05, 3.63) is 57.1 Å². The van der Waals surface area contributed by atoms with Gasteiger partial charge in [0.05, 0.1) is 23.7 Å². The third-order valence-corrected chi connectivity index (χ3v) is 3.83. The summed E-state index contributed by atoms with van der Waals surface area (Å²) in [5.74, 6) is -0.294. The zero-order valence-electron chi connectivity index (χ0n) is 14.7. The lowest BCUT2D eigenvalue weighted by atomic mass is 10.1. The van der Waals surface area contributed by atoms with Gasteiger partial charge >= 0.3 is 0 Å². The molecule has 0 unspecified atom stereocenters. The number of hydrogen-bond donors (Lipinski definition) is 1. The second kappa shape index (κ2) is 9.00. The van der Waals surface area contributed by atoms with E-state index in [-0.39, 0.29) is 34.9 Å². The molecule has 8 nitrogen and oxygen atoms in total. The highest BCUT2D eigenvalue weighted by Crippen LogP contribution is 2.29. The van der Waals surface area contributed by atoms with Gasteiger partial charge in [-0.25, -0.2) is 0 Å². The highest BCUT2D eigenvalue weighted by atomic mass is 35.5. The Labute approximate surface area is 160 Å². The van der Waals surface area contributed by atoms with E-state index in [4.69, 9.17) is 21.1 Å². The molecule has 2 aromatic carbocycles. The normalized spacial score (nSPS) is 10.2. The van der Waals surface area contributed by atoms with E-state index < -0.39 is 17.4 Å². The van der Waals surface area contributed by atoms with Crippen LogP contribution in [-0.4, -0.2) is 30.3 Å². The van der Waals surface area contributed by atoms with Crippen LogP contribution in [0.5, 0.6) is 11.5 Å². The molecule has 0 aromatic heterocycles. The molecule has 27 heavy (non-hydrogen) atoms. The van der Waals surface area contributed by atoms with Crippen LogP contribution in [0.25, 0.3) is 0 Å². The predicted molar refractivity (Wildman–Crippen MR) is 99.8 cm³/mol. The van der Waals surface area contributed by atoms with Crippen molar-refractivity contribution < 1.29 is 24.0 Å². The lowest BCUT2D eigenvalue weighted by Gasteiger charge is -2.11. The van der Waals surface area contributed by atoms with Gasteiger partial charge in [0.25, 0.3) is 11.6 Å². The number of nitrogens with one attached hydrogen (secondary N) is 1. The van der Waals surface area contributed by atoms with Crippen molar-refractivity contribution in [3.63, 3.8) is 0 Å². The van der Waals surface area contributed by atoms with Crippen molar-refractivity contribution in [3.8, 4) is 11.5 Å². The largest absolute Gasteiger partial charge is 0.496 e. The highest BCUT2D eigenvalue weighted by Gasteiger charge is 2.18. The first-order valence-electron chi connectivity index (χ1n) is 7.93. The van der Waals surface area contributed by atoms with Gasteiger partial charge in [0.1, 0.15) is 17.2 Å². The molecule has 0 heterocycles. The number of halogens is 1. The maximum Gasteiger partial charge on any atom is 0.296 e. The number of anilines is 1. The smallest absolute Gasteiger partial charge is 0.296 e.